The quantitative estimate of drug-likeness (QED) is 0.643. The van der Waals surface area contributed by atoms with Gasteiger partial charge >= 0.3 is 0 Å². The SMILES string of the molecule is COc1ccc(-c2nnc(CN(C)C)nc2-c2ccc(OC)cc2)cc1.Cl. The van der Waals surface area contributed by atoms with Crippen molar-refractivity contribution in [2.45, 2.75) is 6.54 Å². The maximum Gasteiger partial charge on any atom is 0.165 e. The number of rotatable bonds is 6. The third-order valence-electron chi connectivity index (χ3n) is 3.92. The molecule has 7 heteroatoms. The Hall–Kier alpha value is -2.70. The normalized spacial score (nSPS) is 10.4. The van der Waals surface area contributed by atoms with Gasteiger partial charge in [-0.25, -0.2) is 4.98 Å². The third kappa shape index (κ3) is 4.93. The van der Waals surface area contributed by atoms with Crippen molar-refractivity contribution in [2.75, 3.05) is 28.3 Å². The number of hydrogen-bond acceptors (Lipinski definition) is 6. The Bertz CT molecular complexity index is 868. The molecule has 0 aliphatic carbocycles. The molecular formula is C20H23ClN4O2. The molecule has 0 amide bonds. The number of halogens is 1. The summed E-state index contributed by atoms with van der Waals surface area (Å²) in [6.07, 6.45) is 0. The summed E-state index contributed by atoms with van der Waals surface area (Å²) >= 11 is 0. The van der Waals surface area contributed by atoms with E-state index in [1.807, 2.05) is 67.5 Å². The Morgan fingerprint density at radius 2 is 1.22 bits per heavy atom. The van der Waals surface area contributed by atoms with Crippen LogP contribution in [0.3, 0.4) is 0 Å². The molecule has 6 nitrogen and oxygen atoms in total. The molecule has 142 valence electrons. The van der Waals surface area contributed by atoms with Gasteiger partial charge in [0.2, 0.25) is 0 Å². The van der Waals surface area contributed by atoms with E-state index in [1.54, 1.807) is 14.2 Å². The highest BCUT2D eigenvalue weighted by Gasteiger charge is 2.14. The van der Waals surface area contributed by atoms with Gasteiger partial charge in [-0.1, -0.05) is 0 Å². The lowest BCUT2D eigenvalue weighted by molar-refractivity contribution is 0.388. The van der Waals surface area contributed by atoms with Crippen molar-refractivity contribution in [3.63, 3.8) is 0 Å². The minimum atomic E-state index is 0. The summed E-state index contributed by atoms with van der Waals surface area (Å²) in [6, 6.07) is 15.5. The molecule has 0 saturated heterocycles. The molecule has 0 spiro atoms. The largest absolute Gasteiger partial charge is 0.497 e. The van der Waals surface area contributed by atoms with E-state index >= 15 is 0 Å². The number of aromatic nitrogens is 3. The van der Waals surface area contributed by atoms with E-state index in [0.29, 0.717) is 12.4 Å². The number of nitrogens with zero attached hydrogens (tertiary/aromatic N) is 4. The average Bonchev–Trinajstić information content (AvgIpc) is 2.68. The summed E-state index contributed by atoms with van der Waals surface area (Å²) in [6.45, 7) is 0.624. The molecule has 0 aliphatic heterocycles. The first kappa shape index (κ1) is 20.6. The van der Waals surface area contributed by atoms with Crippen LogP contribution < -0.4 is 9.47 Å². The van der Waals surface area contributed by atoms with Gasteiger partial charge in [-0.05, 0) is 62.6 Å². The molecule has 0 N–H and O–H groups in total. The van der Waals surface area contributed by atoms with Gasteiger partial charge in [-0.3, -0.25) is 0 Å². The van der Waals surface area contributed by atoms with Crippen LogP contribution in [-0.2, 0) is 6.54 Å². The Balaban J connectivity index is 0.00000261. The molecule has 0 radical (unpaired) electrons. The predicted octanol–water partition coefficient (Wildman–Crippen LogP) is 3.71. The second-order valence-electron chi connectivity index (χ2n) is 6.12. The number of ether oxygens (including phenoxy) is 2. The van der Waals surface area contributed by atoms with Gasteiger partial charge in [-0.2, -0.15) is 0 Å². The van der Waals surface area contributed by atoms with Gasteiger partial charge in [0.15, 0.2) is 5.82 Å². The van der Waals surface area contributed by atoms with E-state index in [9.17, 15) is 0 Å². The molecule has 3 aromatic rings. The van der Waals surface area contributed by atoms with Crippen molar-refractivity contribution in [2.24, 2.45) is 0 Å². The van der Waals surface area contributed by atoms with Gasteiger partial charge < -0.3 is 14.4 Å². The fourth-order valence-electron chi connectivity index (χ4n) is 2.60. The summed E-state index contributed by atoms with van der Waals surface area (Å²) in [5.41, 5.74) is 3.43. The van der Waals surface area contributed by atoms with Crippen LogP contribution in [0.4, 0.5) is 0 Å². The second kappa shape index (κ2) is 9.30. The number of hydrogen-bond donors (Lipinski definition) is 0. The Morgan fingerprint density at radius 1 is 0.741 bits per heavy atom. The van der Waals surface area contributed by atoms with Crippen LogP contribution in [0.2, 0.25) is 0 Å². The molecule has 0 bridgehead atoms. The summed E-state index contributed by atoms with van der Waals surface area (Å²) in [4.78, 5) is 6.79. The minimum Gasteiger partial charge on any atom is -0.497 e. The van der Waals surface area contributed by atoms with E-state index < -0.39 is 0 Å². The van der Waals surface area contributed by atoms with E-state index in [1.165, 1.54) is 0 Å². The lowest BCUT2D eigenvalue weighted by Gasteiger charge is -2.12. The lowest BCUT2D eigenvalue weighted by atomic mass is 10.0. The van der Waals surface area contributed by atoms with Crippen LogP contribution in [0.1, 0.15) is 5.82 Å². The van der Waals surface area contributed by atoms with Crippen LogP contribution in [0.5, 0.6) is 11.5 Å². The zero-order valence-corrected chi connectivity index (χ0v) is 16.7. The van der Waals surface area contributed by atoms with Gasteiger partial charge in [0.1, 0.15) is 22.9 Å². The Labute approximate surface area is 165 Å². The molecule has 2 aromatic carbocycles. The number of benzene rings is 2. The first-order valence-corrected chi connectivity index (χ1v) is 8.28. The predicted molar refractivity (Wildman–Crippen MR) is 108 cm³/mol. The smallest absolute Gasteiger partial charge is 0.165 e. The highest BCUT2D eigenvalue weighted by Crippen LogP contribution is 2.30. The van der Waals surface area contributed by atoms with E-state index in [4.69, 9.17) is 14.5 Å². The fraction of sp³-hybridized carbons (Fsp3) is 0.250. The monoisotopic (exact) mass is 386 g/mol. The lowest BCUT2D eigenvalue weighted by Crippen LogP contribution is -2.15. The molecule has 0 unspecified atom stereocenters. The van der Waals surface area contributed by atoms with Crippen molar-refractivity contribution in [1.82, 2.24) is 20.1 Å². The Morgan fingerprint density at radius 3 is 1.67 bits per heavy atom. The van der Waals surface area contributed by atoms with Crippen LogP contribution in [0, 0.1) is 0 Å². The molecule has 0 atom stereocenters. The summed E-state index contributed by atoms with van der Waals surface area (Å²) in [5, 5.41) is 8.76. The van der Waals surface area contributed by atoms with Gasteiger partial charge in [0, 0.05) is 11.1 Å². The second-order valence-corrected chi connectivity index (χ2v) is 6.12. The molecular weight excluding hydrogens is 364 g/mol. The van der Waals surface area contributed by atoms with Crippen LogP contribution in [0.15, 0.2) is 48.5 Å². The molecule has 3 rings (SSSR count). The maximum atomic E-state index is 5.25. The van der Waals surface area contributed by atoms with Crippen LogP contribution in [-0.4, -0.2) is 48.4 Å². The molecule has 1 aromatic heterocycles. The summed E-state index contributed by atoms with van der Waals surface area (Å²) < 4.78 is 10.5. The molecule has 27 heavy (non-hydrogen) atoms. The zero-order chi connectivity index (χ0) is 18.5. The third-order valence-corrected chi connectivity index (χ3v) is 3.92. The van der Waals surface area contributed by atoms with E-state index in [2.05, 4.69) is 10.2 Å². The van der Waals surface area contributed by atoms with Crippen LogP contribution in [0.25, 0.3) is 22.5 Å². The van der Waals surface area contributed by atoms with Crippen molar-refractivity contribution in [3.05, 3.63) is 54.4 Å². The topological polar surface area (TPSA) is 60.4 Å². The summed E-state index contributed by atoms with van der Waals surface area (Å²) in [7, 11) is 7.26. The van der Waals surface area contributed by atoms with Gasteiger partial charge in [-0.15, -0.1) is 22.6 Å². The number of methoxy groups -OCH3 is 2. The molecule has 0 aliphatic rings. The van der Waals surface area contributed by atoms with Crippen molar-refractivity contribution in [3.8, 4) is 34.0 Å². The van der Waals surface area contributed by atoms with Crippen molar-refractivity contribution < 1.29 is 9.47 Å². The van der Waals surface area contributed by atoms with E-state index in [0.717, 1.165) is 34.0 Å². The van der Waals surface area contributed by atoms with Gasteiger partial charge in [0.25, 0.3) is 0 Å². The first-order chi connectivity index (χ1) is 12.6. The Kier molecular flexibility index (Phi) is 7.10. The molecule has 1 heterocycles. The van der Waals surface area contributed by atoms with E-state index in [-0.39, 0.29) is 12.4 Å². The summed E-state index contributed by atoms with van der Waals surface area (Å²) in [5.74, 6) is 2.28. The first-order valence-electron chi connectivity index (χ1n) is 8.28. The zero-order valence-electron chi connectivity index (χ0n) is 15.8. The maximum absolute atomic E-state index is 5.25. The average molecular weight is 387 g/mol. The highest BCUT2D eigenvalue weighted by molar-refractivity contribution is 5.85. The highest BCUT2D eigenvalue weighted by atomic mass is 35.5. The molecule has 0 saturated carbocycles. The minimum absolute atomic E-state index is 0. The standard InChI is InChI=1S/C20H22N4O2.ClH/c1-24(2)13-18-21-19(14-5-9-16(25-3)10-6-14)20(23-22-18)15-7-11-17(26-4)12-8-15;/h5-12H,13H2,1-4H3;1H. The fourth-order valence-corrected chi connectivity index (χ4v) is 2.60. The van der Waals surface area contributed by atoms with Crippen molar-refractivity contribution in [1.29, 1.82) is 0 Å². The van der Waals surface area contributed by atoms with Gasteiger partial charge in [0.05, 0.1) is 20.8 Å². The molecule has 0 fully saturated rings. The van der Waals surface area contributed by atoms with Crippen molar-refractivity contribution >= 4 is 12.4 Å². The van der Waals surface area contributed by atoms with Crippen LogP contribution >= 0.6 is 12.4 Å².